The summed E-state index contributed by atoms with van der Waals surface area (Å²) in [6.45, 7) is 7.63. The molecule has 6 heteroatoms. The van der Waals surface area contributed by atoms with Crippen molar-refractivity contribution < 1.29 is 4.79 Å². The molecule has 5 nitrogen and oxygen atoms in total. The minimum atomic E-state index is -0.290. The van der Waals surface area contributed by atoms with Crippen LogP contribution >= 0.6 is 11.8 Å². The lowest BCUT2D eigenvalue weighted by Crippen LogP contribution is -2.43. The predicted molar refractivity (Wildman–Crippen MR) is 98.1 cm³/mol. The van der Waals surface area contributed by atoms with Gasteiger partial charge in [-0.1, -0.05) is 18.2 Å². The molecular weight excluding hydrogens is 332 g/mol. The molecule has 2 aliphatic rings. The summed E-state index contributed by atoms with van der Waals surface area (Å²) in [5.41, 5.74) is 1.14. The summed E-state index contributed by atoms with van der Waals surface area (Å²) in [6, 6.07) is 2.38. The van der Waals surface area contributed by atoms with Gasteiger partial charge in [-0.2, -0.15) is 5.26 Å². The summed E-state index contributed by atoms with van der Waals surface area (Å²) in [7, 11) is 0. The normalized spacial score (nSPS) is 26.9. The maximum Gasteiger partial charge on any atom is 0.233 e. The minimum Gasteiger partial charge on any atom is -0.352 e. The fourth-order valence-corrected chi connectivity index (χ4v) is 5.48. The van der Waals surface area contributed by atoms with E-state index in [2.05, 4.69) is 28.3 Å². The van der Waals surface area contributed by atoms with Crippen molar-refractivity contribution in [1.29, 1.82) is 5.26 Å². The summed E-state index contributed by atoms with van der Waals surface area (Å²) in [5.74, 6) is 2.95. The number of hydrogen-bond acceptors (Lipinski definition) is 5. The molecule has 1 aromatic rings. The lowest BCUT2D eigenvalue weighted by atomic mass is 9.84. The van der Waals surface area contributed by atoms with E-state index in [0.29, 0.717) is 28.0 Å². The lowest BCUT2D eigenvalue weighted by Gasteiger charge is -2.29. The first-order valence-electron chi connectivity index (χ1n) is 9.11. The molecule has 1 aromatic heterocycles. The number of hydrogen-bond donors (Lipinski definition) is 1. The molecule has 0 radical (unpaired) electrons. The van der Waals surface area contributed by atoms with Gasteiger partial charge in [0.05, 0.1) is 10.9 Å². The highest BCUT2D eigenvalue weighted by atomic mass is 32.2. The van der Waals surface area contributed by atoms with E-state index in [-0.39, 0.29) is 17.2 Å². The van der Waals surface area contributed by atoms with E-state index < -0.39 is 0 Å². The van der Waals surface area contributed by atoms with E-state index in [0.717, 1.165) is 11.8 Å². The monoisotopic (exact) mass is 358 g/mol. The average molecular weight is 359 g/mol. The zero-order valence-electron chi connectivity index (χ0n) is 15.4. The summed E-state index contributed by atoms with van der Waals surface area (Å²) < 4.78 is 0. The molecule has 2 fully saturated rings. The first-order chi connectivity index (χ1) is 11.9. The standard InChI is InChI=1S/C19H26N4OS/c1-10(16-8-14-5-6-15(16)7-14)22-18(24)12(3)25-19-17(9-20)11(2)21-13(4)23-19/h10,12,14-16H,5-8H2,1-4H3,(H,22,24). The van der Waals surface area contributed by atoms with Crippen LogP contribution in [0, 0.1) is 42.9 Å². The number of aromatic nitrogens is 2. The van der Waals surface area contributed by atoms with E-state index in [1.165, 1.54) is 37.4 Å². The number of fused-ring (bicyclic) bond motifs is 2. The maximum atomic E-state index is 12.6. The van der Waals surface area contributed by atoms with Crippen LogP contribution in [0.2, 0.25) is 0 Å². The highest BCUT2D eigenvalue weighted by Crippen LogP contribution is 2.49. The van der Waals surface area contributed by atoms with Crippen molar-refractivity contribution in [2.75, 3.05) is 0 Å². The van der Waals surface area contributed by atoms with Crippen molar-refractivity contribution in [3.05, 3.63) is 17.1 Å². The van der Waals surface area contributed by atoms with Gasteiger partial charge in [-0.05, 0) is 64.7 Å². The van der Waals surface area contributed by atoms with E-state index in [9.17, 15) is 10.1 Å². The van der Waals surface area contributed by atoms with Crippen LogP contribution in [0.4, 0.5) is 0 Å². The van der Waals surface area contributed by atoms with Crippen molar-refractivity contribution in [3.8, 4) is 6.07 Å². The number of rotatable bonds is 5. The summed E-state index contributed by atoms with van der Waals surface area (Å²) in [6.07, 6.45) is 5.30. The second kappa shape index (κ2) is 7.33. The Hall–Kier alpha value is -1.61. The van der Waals surface area contributed by atoms with Crippen molar-refractivity contribution in [3.63, 3.8) is 0 Å². The second-order valence-corrected chi connectivity index (χ2v) is 8.87. The summed E-state index contributed by atoms with van der Waals surface area (Å²) in [4.78, 5) is 21.2. The van der Waals surface area contributed by atoms with Crippen LogP contribution in [0.15, 0.2) is 5.03 Å². The first kappa shape index (κ1) is 18.2. The highest BCUT2D eigenvalue weighted by molar-refractivity contribution is 8.00. The molecule has 0 aliphatic heterocycles. The third kappa shape index (κ3) is 3.82. The Labute approximate surface area is 154 Å². The zero-order chi connectivity index (χ0) is 18.1. The second-order valence-electron chi connectivity index (χ2n) is 7.54. The molecule has 0 aromatic carbocycles. The van der Waals surface area contributed by atoms with Gasteiger partial charge in [0.25, 0.3) is 0 Å². The number of nitrogens with zero attached hydrogens (tertiary/aromatic N) is 3. The van der Waals surface area contributed by atoms with Gasteiger partial charge in [0.1, 0.15) is 22.5 Å². The van der Waals surface area contributed by atoms with Gasteiger partial charge in [-0.25, -0.2) is 9.97 Å². The van der Waals surface area contributed by atoms with Crippen LogP contribution in [0.3, 0.4) is 0 Å². The molecule has 2 aliphatic carbocycles. The van der Waals surface area contributed by atoms with Gasteiger partial charge in [-0.3, -0.25) is 4.79 Å². The zero-order valence-corrected chi connectivity index (χ0v) is 16.2. The number of nitriles is 1. The van der Waals surface area contributed by atoms with Crippen LogP contribution in [0.5, 0.6) is 0 Å². The molecular formula is C19H26N4OS. The van der Waals surface area contributed by atoms with Gasteiger partial charge < -0.3 is 5.32 Å². The first-order valence-corrected chi connectivity index (χ1v) is 9.99. The predicted octanol–water partition coefficient (Wildman–Crippen LogP) is 3.39. The third-order valence-electron chi connectivity index (χ3n) is 5.74. The molecule has 0 spiro atoms. The largest absolute Gasteiger partial charge is 0.352 e. The number of carbonyl (C=O) groups is 1. The van der Waals surface area contributed by atoms with Gasteiger partial charge in [0.2, 0.25) is 5.91 Å². The number of thioether (sulfide) groups is 1. The van der Waals surface area contributed by atoms with Gasteiger partial charge in [-0.15, -0.1) is 0 Å². The summed E-state index contributed by atoms with van der Waals surface area (Å²) in [5, 5.41) is 12.9. The maximum absolute atomic E-state index is 12.6. The highest BCUT2D eigenvalue weighted by Gasteiger charge is 2.42. The van der Waals surface area contributed by atoms with E-state index in [4.69, 9.17) is 0 Å². The third-order valence-corrected chi connectivity index (χ3v) is 6.83. The van der Waals surface area contributed by atoms with Gasteiger partial charge in [0.15, 0.2) is 0 Å². The van der Waals surface area contributed by atoms with Crippen LogP contribution in [-0.4, -0.2) is 27.2 Å². The molecule has 5 atom stereocenters. The van der Waals surface area contributed by atoms with E-state index >= 15 is 0 Å². The van der Waals surface area contributed by atoms with Gasteiger partial charge >= 0.3 is 0 Å². The Kier molecular flexibility index (Phi) is 5.33. The topological polar surface area (TPSA) is 78.7 Å². The number of amides is 1. The van der Waals surface area contributed by atoms with Crippen molar-refractivity contribution in [1.82, 2.24) is 15.3 Å². The molecule has 0 saturated heterocycles. The van der Waals surface area contributed by atoms with Crippen molar-refractivity contribution >= 4 is 17.7 Å². The number of nitrogens with one attached hydrogen (secondary N) is 1. The molecule has 1 N–H and O–H groups in total. The van der Waals surface area contributed by atoms with Gasteiger partial charge in [0, 0.05) is 6.04 Å². The minimum absolute atomic E-state index is 0.0260. The van der Waals surface area contributed by atoms with E-state index in [1.807, 2.05) is 6.92 Å². The Morgan fingerprint density at radius 2 is 2.04 bits per heavy atom. The number of aryl methyl sites for hydroxylation is 2. The Bertz CT molecular complexity index is 714. The smallest absolute Gasteiger partial charge is 0.233 e. The van der Waals surface area contributed by atoms with Crippen molar-refractivity contribution in [2.45, 2.75) is 69.7 Å². The molecule has 134 valence electrons. The van der Waals surface area contributed by atoms with E-state index in [1.54, 1.807) is 13.8 Å². The summed E-state index contributed by atoms with van der Waals surface area (Å²) >= 11 is 1.35. The Morgan fingerprint density at radius 1 is 1.28 bits per heavy atom. The quantitative estimate of drug-likeness (QED) is 0.645. The lowest BCUT2D eigenvalue weighted by molar-refractivity contribution is -0.121. The van der Waals surface area contributed by atoms with Crippen LogP contribution < -0.4 is 5.32 Å². The SMILES string of the molecule is Cc1nc(C)c(C#N)c(SC(C)C(=O)NC(C)C2CC3CCC2C3)n1. The molecule has 5 unspecified atom stereocenters. The molecule has 1 heterocycles. The molecule has 3 rings (SSSR count). The molecule has 1 amide bonds. The number of carbonyl (C=O) groups excluding carboxylic acids is 1. The molecule has 2 bridgehead atoms. The van der Waals surface area contributed by atoms with Crippen molar-refractivity contribution in [2.24, 2.45) is 17.8 Å². The fraction of sp³-hybridized carbons (Fsp3) is 0.684. The molecule has 25 heavy (non-hydrogen) atoms. The average Bonchev–Trinajstić information content (AvgIpc) is 3.17. The van der Waals surface area contributed by atoms with Crippen LogP contribution in [0.1, 0.15) is 56.6 Å². The van der Waals surface area contributed by atoms with Crippen LogP contribution in [-0.2, 0) is 4.79 Å². The Balaban J connectivity index is 1.62. The van der Waals surface area contributed by atoms with Crippen LogP contribution in [0.25, 0.3) is 0 Å². The molecule has 2 saturated carbocycles. The fourth-order valence-electron chi connectivity index (χ4n) is 4.47. The Morgan fingerprint density at radius 3 is 2.64 bits per heavy atom.